The summed E-state index contributed by atoms with van der Waals surface area (Å²) in [5.41, 5.74) is -0.0823. The SMILES string of the molecule is COC(=O)C(Br)CN1CCCC(C)(OC)C1. The third-order valence-electron chi connectivity index (χ3n) is 3.11. The maximum Gasteiger partial charge on any atom is 0.320 e. The molecule has 0 aromatic carbocycles. The molecule has 4 nitrogen and oxygen atoms in total. The molecule has 0 bridgehead atoms. The van der Waals surface area contributed by atoms with Crippen molar-refractivity contribution >= 4 is 21.9 Å². The Morgan fingerprint density at radius 2 is 2.25 bits per heavy atom. The van der Waals surface area contributed by atoms with E-state index in [1.807, 2.05) is 0 Å². The molecular formula is C11H20BrNO3. The summed E-state index contributed by atoms with van der Waals surface area (Å²) in [6.07, 6.45) is 2.18. The summed E-state index contributed by atoms with van der Waals surface area (Å²) >= 11 is 3.34. The van der Waals surface area contributed by atoms with Gasteiger partial charge in [-0.05, 0) is 26.3 Å². The normalized spacial score (nSPS) is 28.8. The number of nitrogens with zero attached hydrogens (tertiary/aromatic N) is 1. The van der Waals surface area contributed by atoms with E-state index in [-0.39, 0.29) is 16.4 Å². The second kappa shape index (κ2) is 5.98. The van der Waals surface area contributed by atoms with Crippen LogP contribution in [0.15, 0.2) is 0 Å². The first-order chi connectivity index (χ1) is 7.50. The number of alkyl halides is 1. The van der Waals surface area contributed by atoms with Gasteiger partial charge in [0.25, 0.3) is 0 Å². The van der Waals surface area contributed by atoms with Gasteiger partial charge in [-0.25, -0.2) is 0 Å². The van der Waals surface area contributed by atoms with Gasteiger partial charge in [0.2, 0.25) is 0 Å². The molecule has 1 saturated heterocycles. The zero-order valence-electron chi connectivity index (χ0n) is 10.2. The highest BCUT2D eigenvalue weighted by atomic mass is 79.9. The number of hydrogen-bond donors (Lipinski definition) is 0. The van der Waals surface area contributed by atoms with E-state index in [1.54, 1.807) is 7.11 Å². The molecule has 1 heterocycles. The fraction of sp³-hybridized carbons (Fsp3) is 0.909. The maximum atomic E-state index is 11.3. The van der Waals surface area contributed by atoms with Crippen LogP contribution in [0.4, 0.5) is 0 Å². The Morgan fingerprint density at radius 1 is 1.56 bits per heavy atom. The van der Waals surface area contributed by atoms with Gasteiger partial charge in [-0.1, -0.05) is 15.9 Å². The average Bonchev–Trinajstić information content (AvgIpc) is 2.28. The highest BCUT2D eigenvalue weighted by molar-refractivity contribution is 9.10. The van der Waals surface area contributed by atoms with Gasteiger partial charge in [0.15, 0.2) is 0 Å². The van der Waals surface area contributed by atoms with E-state index in [2.05, 4.69) is 32.5 Å². The number of ether oxygens (including phenoxy) is 2. The van der Waals surface area contributed by atoms with E-state index >= 15 is 0 Å². The van der Waals surface area contributed by atoms with Crippen LogP contribution in [0.2, 0.25) is 0 Å². The van der Waals surface area contributed by atoms with E-state index in [0.717, 1.165) is 25.9 Å². The molecule has 0 spiro atoms. The summed E-state index contributed by atoms with van der Waals surface area (Å²) in [4.78, 5) is 13.3. The molecule has 1 rings (SSSR count). The molecule has 16 heavy (non-hydrogen) atoms. The van der Waals surface area contributed by atoms with Crippen molar-refractivity contribution < 1.29 is 14.3 Å². The van der Waals surface area contributed by atoms with Crippen molar-refractivity contribution in [2.24, 2.45) is 0 Å². The number of likely N-dealkylation sites (tertiary alicyclic amines) is 1. The Hall–Kier alpha value is -0.130. The molecular weight excluding hydrogens is 274 g/mol. The summed E-state index contributed by atoms with van der Waals surface area (Å²) in [5, 5.41) is 0. The topological polar surface area (TPSA) is 38.8 Å². The lowest BCUT2D eigenvalue weighted by molar-refractivity contribution is -0.140. The summed E-state index contributed by atoms with van der Waals surface area (Å²) in [5.74, 6) is -0.218. The van der Waals surface area contributed by atoms with E-state index in [9.17, 15) is 4.79 Å². The van der Waals surface area contributed by atoms with Crippen LogP contribution >= 0.6 is 15.9 Å². The fourth-order valence-electron chi connectivity index (χ4n) is 2.06. The average molecular weight is 294 g/mol. The molecule has 2 unspecified atom stereocenters. The van der Waals surface area contributed by atoms with Crippen molar-refractivity contribution in [3.05, 3.63) is 0 Å². The van der Waals surface area contributed by atoms with Crippen LogP contribution in [0.1, 0.15) is 19.8 Å². The Kier molecular flexibility index (Phi) is 5.21. The Balaban J connectivity index is 2.46. The summed E-state index contributed by atoms with van der Waals surface area (Å²) < 4.78 is 10.2. The van der Waals surface area contributed by atoms with Crippen molar-refractivity contribution in [3.8, 4) is 0 Å². The minimum atomic E-state index is -0.253. The smallest absolute Gasteiger partial charge is 0.320 e. The first-order valence-electron chi connectivity index (χ1n) is 5.50. The zero-order valence-corrected chi connectivity index (χ0v) is 11.7. The number of piperidine rings is 1. The number of rotatable bonds is 4. The summed E-state index contributed by atoms with van der Waals surface area (Å²) in [6.45, 7) is 4.66. The van der Waals surface area contributed by atoms with E-state index in [1.165, 1.54) is 7.11 Å². The zero-order chi connectivity index (χ0) is 12.2. The molecule has 0 N–H and O–H groups in total. The molecule has 1 aliphatic rings. The number of methoxy groups -OCH3 is 2. The molecule has 0 amide bonds. The van der Waals surface area contributed by atoms with Crippen molar-refractivity contribution in [1.82, 2.24) is 4.90 Å². The summed E-state index contributed by atoms with van der Waals surface area (Å²) in [6, 6.07) is 0. The molecule has 2 atom stereocenters. The maximum absolute atomic E-state index is 11.3. The van der Waals surface area contributed by atoms with Gasteiger partial charge in [0.1, 0.15) is 4.83 Å². The Bertz CT molecular complexity index is 249. The van der Waals surface area contributed by atoms with Crippen LogP contribution in [0, 0.1) is 0 Å². The lowest BCUT2D eigenvalue weighted by atomic mass is 9.95. The van der Waals surface area contributed by atoms with E-state index in [0.29, 0.717) is 6.54 Å². The van der Waals surface area contributed by atoms with Crippen molar-refractivity contribution in [2.75, 3.05) is 33.9 Å². The van der Waals surface area contributed by atoms with Gasteiger partial charge < -0.3 is 9.47 Å². The van der Waals surface area contributed by atoms with Gasteiger partial charge in [0, 0.05) is 20.2 Å². The highest BCUT2D eigenvalue weighted by Crippen LogP contribution is 2.24. The van der Waals surface area contributed by atoms with Crippen molar-refractivity contribution in [1.29, 1.82) is 0 Å². The standard InChI is InChI=1S/C11H20BrNO3/c1-11(16-3)5-4-6-13(8-11)7-9(12)10(14)15-2/h9H,4-8H2,1-3H3. The molecule has 0 aromatic heterocycles. The van der Waals surface area contributed by atoms with Crippen LogP contribution in [0.25, 0.3) is 0 Å². The molecule has 5 heteroatoms. The third kappa shape index (κ3) is 3.71. The van der Waals surface area contributed by atoms with Gasteiger partial charge in [-0.3, -0.25) is 9.69 Å². The third-order valence-corrected chi connectivity index (χ3v) is 3.77. The molecule has 1 fully saturated rings. The molecule has 0 saturated carbocycles. The Labute approximate surface area is 105 Å². The van der Waals surface area contributed by atoms with E-state index in [4.69, 9.17) is 4.74 Å². The number of hydrogen-bond acceptors (Lipinski definition) is 4. The largest absolute Gasteiger partial charge is 0.468 e. The molecule has 0 aliphatic carbocycles. The first-order valence-corrected chi connectivity index (χ1v) is 6.42. The second-order valence-corrected chi connectivity index (χ2v) is 5.59. The molecule has 0 radical (unpaired) electrons. The van der Waals surface area contributed by atoms with Gasteiger partial charge >= 0.3 is 5.97 Å². The van der Waals surface area contributed by atoms with Crippen molar-refractivity contribution in [3.63, 3.8) is 0 Å². The monoisotopic (exact) mass is 293 g/mol. The predicted octanol–water partition coefficient (Wildman–Crippen LogP) is 1.42. The van der Waals surface area contributed by atoms with Crippen LogP contribution in [0.5, 0.6) is 0 Å². The van der Waals surface area contributed by atoms with Gasteiger partial charge in [-0.15, -0.1) is 0 Å². The van der Waals surface area contributed by atoms with Gasteiger partial charge in [0.05, 0.1) is 12.7 Å². The number of carbonyl (C=O) groups excluding carboxylic acids is 1. The van der Waals surface area contributed by atoms with Crippen LogP contribution in [-0.4, -0.2) is 55.2 Å². The van der Waals surface area contributed by atoms with Crippen molar-refractivity contribution in [2.45, 2.75) is 30.2 Å². The summed E-state index contributed by atoms with van der Waals surface area (Å²) in [7, 11) is 3.15. The molecule has 94 valence electrons. The predicted molar refractivity (Wildman–Crippen MR) is 65.8 cm³/mol. The number of esters is 1. The molecule has 0 aromatic rings. The van der Waals surface area contributed by atoms with Crippen LogP contribution < -0.4 is 0 Å². The lowest BCUT2D eigenvalue weighted by Crippen LogP contribution is -2.49. The van der Waals surface area contributed by atoms with Crippen LogP contribution in [-0.2, 0) is 14.3 Å². The highest BCUT2D eigenvalue weighted by Gasteiger charge is 2.32. The number of carbonyl (C=O) groups is 1. The quantitative estimate of drug-likeness (QED) is 0.581. The Morgan fingerprint density at radius 3 is 2.81 bits per heavy atom. The fourth-order valence-corrected chi connectivity index (χ4v) is 2.66. The lowest BCUT2D eigenvalue weighted by Gasteiger charge is -2.39. The molecule has 1 aliphatic heterocycles. The minimum Gasteiger partial charge on any atom is -0.468 e. The van der Waals surface area contributed by atoms with Gasteiger partial charge in [-0.2, -0.15) is 0 Å². The first kappa shape index (κ1) is 13.9. The minimum absolute atomic E-state index is 0.0823. The van der Waals surface area contributed by atoms with E-state index < -0.39 is 0 Å². The van der Waals surface area contributed by atoms with Crippen LogP contribution in [0.3, 0.4) is 0 Å². The number of halogens is 1. The second-order valence-electron chi connectivity index (χ2n) is 4.48.